The van der Waals surface area contributed by atoms with Gasteiger partial charge in [-0.2, -0.15) is 0 Å². The molecule has 0 bridgehead atoms. The molecule has 0 radical (unpaired) electrons. The lowest BCUT2D eigenvalue weighted by Crippen LogP contribution is -2.17. The van der Waals surface area contributed by atoms with E-state index in [9.17, 15) is 8.42 Å². The van der Waals surface area contributed by atoms with Gasteiger partial charge in [-0.1, -0.05) is 38.4 Å². The molecule has 0 spiro atoms. The summed E-state index contributed by atoms with van der Waals surface area (Å²) in [6.07, 6.45) is 0. The smallest absolute Gasteiger partial charge is 0.265 e. The molecule has 1 N–H and O–H groups in total. The van der Waals surface area contributed by atoms with Crippen molar-refractivity contribution in [2.24, 2.45) is 0 Å². The molecular weight excluding hydrogens is 334 g/mol. The number of halogens is 1. The van der Waals surface area contributed by atoms with Crippen LogP contribution in [0.1, 0.15) is 26.3 Å². The number of sulfonamides is 1. The van der Waals surface area contributed by atoms with Crippen LogP contribution in [0.3, 0.4) is 0 Å². The van der Waals surface area contributed by atoms with Crippen LogP contribution >= 0.6 is 11.6 Å². The Balaban J connectivity index is 2.47. The van der Waals surface area contributed by atoms with E-state index >= 15 is 0 Å². The summed E-state index contributed by atoms with van der Waals surface area (Å²) in [5, 5.41) is 0.542. The van der Waals surface area contributed by atoms with Gasteiger partial charge < -0.3 is 4.74 Å². The van der Waals surface area contributed by atoms with Gasteiger partial charge in [0.05, 0.1) is 7.11 Å². The quantitative estimate of drug-likeness (QED) is 0.883. The van der Waals surface area contributed by atoms with Crippen LogP contribution in [0, 0.1) is 0 Å². The van der Waals surface area contributed by atoms with E-state index in [0.29, 0.717) is 16.5 Å². The van der Waals surface area contributed by atoms with E-state index in [0.717, 1.165) is 5.56 Å². The highest BCUT2D eigenvalue weighted by atomic mass is 35.5. The van der Waals surface area contributed by atoms with Gasteiger partial charge in [0, 0.05) is 10.7 Å². The van der Waals surface area contributed by atoms with Crippen molar-refractivity contribution in [1.29, 1.82) is 0 Å². The van der Waals surface area contributed by atoms with Gasteiger partial charge in [0.15, 0.2) is 0 Å². The summed E-state index contributed by atoms with van der Waals surface area (Å²) >= 11 is 5.82. The molecule has 0 aliphatic carbocycles. The van der Waals surface area contributed by atoms with E-state index in [1.165, 1.54) is 7.11 Å². The maximum absolute atomic E-state index is 12.7. The van der Waals surface area contributed by atoms with Gasteiger partial charge >= 0.3 is 0 Å². The molecular formula is C17H20ClNO3S. The number of methoxy groups -OCH3 is 1. The molecule has 0 heterocycles. The van der Waals surface area contributed by atoms with Gasteiger partial charge in [-0.05, 0) is 47.4 Å². The van der Waals surface area contributed by atoms with Crippen molar-refractivity contribution in [3.05, 3.63) is 53.1 Å². The van der Waals surface area contributed by atoms with Gasteiger partial charge in [-0.3, -0.25) is 4.72 Å². The fourth-order valence-corrected chi connectivity index (χ4v) is 3.46. The molecule has 2 aromatic carbocycles. The lowest BCUT2D eigenvalue weighted by molar-refractivity contribution is 0.402. The third-order valence-corrected chi connectivity index (χ3v) is 5.07. The van der Waals surface area contributed by atoms with Crippen LogP contribution in [-0.4, -0.2) is 15.5 Å². The van der Waals surface area contributed by atoms with Crippen molar-refractivity contribution in [2.75, 3.05) is 11.8 Å². The van der Waals surface area contributed by atoms with E-state index in [1.807, 2.05) is 26.8 Å². The molecule has 2 rings (SSSR count). The van der Waals surface area contributed by atoms with Crippen LogP contribution < -0.4 is 9.46 Å². The van der Waals surface area contributed by atoms with E-state index in [-0.39, 0.29) is 10.3 Å². The van der Waals surface area contributed by atoms with Gasteiger partial charge in [-0.25, -0.2) is 8.42 Å². The van der Waals surface area contributed by atoms with Gasteiger partial charge in [-0.15, -0.1) is 0 Å². The molecule has 0 atom stereocenters. The molecule has 0 fully saturated rings. The minimum Gasteiger partial charge on any atom is -0.495 e. The number of hydrogen-bond donors (Lipinski definition) is 1. The van der Waals surface area contributed by atoms with Crippen LogP contribution in [0.25, 0.3) is 0 Å². The summed E-state index contributed by atoms with van der Waals surface area (Å²) in [6.45, 7) is 6.08. The largest absolute Gasteiger partial charge is 0.495 e. The average Bonchev–Trinajstić information content (AvgIpc) is 2.48. The lowest BCUT2D eigenvalue weighted by atomic mass is 9.87. The maximum Gasteiger partial charge on any atom is 0.265 e. The number of anilines is 1. The Labute approximate surface area is 142 Å². The Morgan fingerprint density at radius 1 is 1.04 bits per heavy atom. The summed E-state index contributed by atoms with van der Waals surface area (Å²) in [6, 6.07) is 11.7. The number of ether oxygens (including phenoxy) is 1. The minimum absolute atomic E-state index is 0.113. The van der Waals surface area contributed by atoms with E-state index in [1.54, 1.807) is 36.4 Å². The molecule has 0 aliphatic heterocycles. The molecule has 0 amide bonds. The predicted octanol–water partition coefficient (Wildman–Crippen LogP) is 4.45. The van der Waals surface area contributed by atoms with Gasteiger partial charge in [0.25, 0.3) is 10.0 Å². The van der Waals surface area contributed by atoms with Crippen LogP contribution in [-0.2, 0) is 15.4 Å². The molecule has 0 aromatic heterocycles. The van der Waals surface area contributed by atoms with E-state index in [2.05, 4.69) is 4.72 Å². The topological polar surface area (TPSA) is 55.4 Å². The third kappa shape index (κ3) is 4.18. The molecule has 0 saturated carbocycles. The first-order chi connectivity index (χ1) is 10.6. The summed E-state index contributed by atoms with van der Waals surface area (Å²) in [4.78, 5) is 0.113. The molecule has 0 aliphatic rings. The first-order valence-corrected chi connectivity index (χ1v) is 8.96. The number of rotatable bonds is 4. The third-order valence-electron chi connectivity index (χ3n) is 3.42. The Morgan fingerprint density at radius 2 is 1.65 bits per heavy atom. The van der Waals surface area contributed by atoms with Crippen molar-refractivity contribution >= 4 is 27.3 Å². The standard InChI is InChI=1S/C17H20ClNO3S/c1-17(2,3)12-5-10-15(22-4)16(11-12)23(20,21)19-14-8-6-13(18)7-9-14/h5-11,19H,1-4H3. The molecule has 23 heavy (non-hydrogen) atoms. The van der Waals surface area contributed by atoms with Crippen molar-refractivity contribution < 1.29 is 13.2 Å². The number of benzene rings is 2. The second-order valence-electron chi connectivity index (χ2n) is 6.23. The second kappa shape index (κ2) is 6.42. The Bertz CT molecular complexity index is 794. The summed E-state index contributed by atoms with van der Waals surface area (Å²) in [7, 11) is -2.32. The zero-order valence-corrected chi connectivity index (χ0v) is 15.1. The number of nitrogens with one attached hydrogen (secondary N) is 1. The summed E-state index contributed by atoms with van der Waals surface area (Å²) in [5.41, 5.74) is 1.18. The van der Waals surface area contributed by atoms with Crippen molar-refractivity contribution in [1.82, 2.24) is 0 Å². The number of hydrogen-bond acceptors (Lipinski definition) is 3. The fourth-order valence-electron chi connectivity index (χ4n) is 2.08. The van der Waals surface area contributed by atoms with Crippen LogP contribution in [0.5, 0.6) is 5.75 Å². The normalized spacial score (nSPS) is 12.0. The average molecular weight is 354 g/mol. The summed E-state index contributed by atoms with van der Waals surface area (Å²) < 4.78 is 33.2. The van der Waals surface area contributed by atoms with Crippen molar-refractivity contribution in [3.8, 4) is 5.75 Å². The van der Waals surface area contributed by atoms with E-state index < -0.39 is 10.0 Å². The highest BCUT2D eigenvalue weighted by Crippen LogP contribution is 2.31. The zero-order chi connectivity index (χ0) is 17.3. The summed E-state index contributed by atoms with van der Waals surface area (Å²) in [5.74, 6) is 0.305. The monoisotopic (exact) mass is 353 g/mol. The minimum atomic E-state index is -3.77. The van der Waals surface area contributed by atoms with Crippen molar-refractivity contribution in [2.45, 2.75) is 31.1 Å². The molecule has 6 heteroatoms. The Morgan fingerprint density at radius 3 is 2.17 bits per heavy atom. The second-order valence-corrected chi connectivity index (χ2v) is 8.32. The first kappa shape index (κ1) is 17.6. The van der Waals surface area contributed by atoms with Crippen molar-refractivity contribution in [3.63, 3.8) is 0 Å². The molecule has 2 aromatic rings. The first-order valence-electron chi connectivity index (χ1n) is 7.10. The Kier molecular flexibility index (Phi) is 4.92. The molecule has 4 nitrogen and oxygen atoms in total. The van der Waals surface area contributed by atoms with Crippen LogP contribution in [0.2, 0.25) is 5.02 Å². The highest BCUT2D eigenvalue weighted by Gasteiger charge is 2.23. The molecule has 0 saturated heterocycles. The fraction of sp³-hybridized carbons (Fsp3) is 0.294. The highest BCUT2D eigenvalue weighted by molar-refractivity contribution is 7.92. The van der Waals surface area contributed by atoms with Crippen LogP contribution in [0.4, 0.5) is 5.69 Å². The van der Waals surface area contributed by atoms with Gasteiger partial charge in [0.2, 0.25) is 0 Å². The maximum atomic E-state index is 12.7. The lowest BCUT2D eigenvalue weighted by Gasteiger charge is -2.21. The Hall–Kier alpha value is -1.72. The molecule has 124 valence electrons. The predicted molar refractivity (Wildman–Crippen MR) is 94.0 cm³/mol. The van der Waals surface area contributed by atoms with E-state index in [4.69, 9.17) is 16.3 Å². The molecule has 0 unspecified atom stereocenters. The van der Waals surface area contributed by atoms with Gasteiger partial charge in [0.1, 0.15) is 10.6 Å². The zero-order valence-electron chi connectivity index (χ0n) is 13.6. The SMILES string of the molecule is COc1ccc(C(C)(C)C)cc1S(=O)(=O)Nc1ccc(Cl)cc1. The van der Waals surface area contributed by atoms with Crippen LogP contribution in [0.15, 0.2) is 47.4 Å².